The van der Waals surface area contributed by atoms with E-state index in [2.05, 4.69) is 10.6 Å². The summed E-state index contributed by atoms with van der Waals surface area (Å²) >= 11 is 7.39. The Morgan fingerprint density at radius 1 is 1.29 bits per heavy atom. The van der Waals surface area contributed by atoms with Gasteiger partial charge in [-0.05, 0) is 49.2 Å². The average molecular weight is 461 g/mol. The monoisotopic (exact) mass is 460 g/mol. The van der Waals surface area contributed by atoms with E-state index in [0.29, 0.717) is 59.3 Å². The van der Waals surface area contributed by atoms with Crippen LogP contribution in [-0.2, 0) is 9.53 Å². The summed E-state index contributed by atoms with van der Waals surface area (Å²) in [4.78, 5) is 38.7. The maximum absolute atomic E-state index is 12.3. The van der Waals surface area contributed by atoms with Gasteiger partial charge in [0, 0.05) is 27.8 Å². The zero-order valence-electron chi connectivity index (χ0n) is 16.5. The number of carbonyl (C=O) groups is 3. The molecule has 2 heterocycles. The molecule has 0 bridgehead atoms. The molecule has 2 aromatic carbocycles. The van der Waals surface area contributed by atoms with Gasteiger partial charge in [0.2, 0.25) is 5.91 Å². The number of hydrogen-bond acceptors (Lipinski definition) is 6. The molecule has 162 valence electrons. The molecule has 1 saturated heterocycles. The molecule has 3 amide bonds. The van der Waals surface area contributed by atoms with Crippen LogP contribution >= 0.6 is 23.4 Å². The van der Waals surface area contributed by atoms with Crippen molar-refractivity contribution in [1.82, 2.24) is 5.32 Å². The maximum atomic E-state index is 12.3. The molecular weight excluding hydrogens is 440 g/mol. The number of thioether (sulfide) groups is 1. The van der Waals surface area contributed by atoms with Crippen LogP contribution in [0.4, 0.5) is 21.9 Å². The highest BCUT2D eigenvalue weighted by molar-refractivity contribution is 8.00. The number of ether oxygens (including phenoxy) is 1. The second-order valence-electron chi connectivity index (χ2n) is 7.26. The first-order chi connectivity index (χ1) is 14.9. The number of halogens is 1. The number of nitrogens with zero attached hydrogens (tertiary/aromatic N) is 1. The second kappa shape index (κ2) is 9.07. The van der Waals surface area contributed by atoms with Gasteiger partial charge in [-0.1, -0.05) is 11.6 Å². The molecule has 4 N–H and O–H groups in total. The molecule has 31 heavy (non-hydrogen) atoms. The topological polar surface area (TPSA) is 114 Å². The summed E-state index contributed by atoms with van der Waals surface area (Å²) in [5.74, 6) is 0.0396. The quantitative estimate of drug-likeness (QED) is 0.449. The fourth-order valence-corrected chi connectivity index (χ4v) is 4.43. The van der Waals surface area contributed by atoms with Gasteiger partial charge >= 0.3 is 6.09 Å². The Balaban J connectivity index is 1.28. The van der Waals surface area contributed by atoms with Gasteiger partial charge in [-0.3, -0.25) is 14.5 Å². The van der Waals surface area contributed by atoms with Gasteiger partial charge in [-0.25, -0.2) is 4.79 Å². The molecule has 1 atom stereocenters. The van der Waals surface area contributed by atoms with Crippen LogP contribution in [0, 0.1) is 0 Å². The number of amides is 3. The van der Waals surface area contributed by atoms with Crippen molar-refractivity contribution in [2.75, 3.05) is 34.8 Å². The normalized spacial score (nSPS) is 17.7. The van der Waals surface area contributed by atoms with Gasteiger partial charge in [0.1, 0.15) is 6.10 Å². The van der Waals surface area contributed by atoms with Crippen LogP contribution in [-0.4, -0.2) is 42.9 Å². The molecule has 1 fully saturated rings. The molecule has 8 nitrogen and oxygen atoms in total. The molecule has 0 aliphatic carbocycles. The van der Waals surface area contributed by atoms with Crippen molar-refractivity contribution in [2.45, 2.75) is 23.8 Å². The molecule has 10 heteroatoms. The number of carbonyl (C=O) groups excluding carboxylic acids is 3. The molecule has 0 radical (unpaired) electrons. The summed E-state index contributed by atoms with van der Waals surface area (Å²) in [6.07, 6.45) is 0.538. The highest BCUT2D eigenvalue weighted by Crippen LogP contribution is 2.35. The van der Waals surface area contributed by atoms with Gasteiger partial charge in [0.15, 0.2) is 0 Å². The molecule has 0 aromatic heterocycles. The number of nitrogens with two attached hydrogens (primary N) is 1. The number of hydrogen-bond donors (Lipinski definition) is 3. The summed E-state index contributed by atoms with van der Waals surface area (Å²) in [5, 5.41) is 6.08. The maximum Gasteiger partial charge on any atom is 0.414 e. The molecule has 2 aromatic rings. The van der Waals surface area contributed by atoms with Crippen LogP contribution in [0.5, 0.6) is 0 Å². The lowest BCUT2D eigenvalue weighted by Crippen LogP contribution is -2.27. The SMILES string of the molecule is Nc1ccc(Cl)cc1C(=O)NCCCC1CN(c2ccc3c(c2)NC(=O)CS3)C(=O)O1. The van der Waals surface area contributed by atoms with E-state index in [1.807, 2.05) is 12.1 Å². The van der Waals surface area contributed by atoms with Crippen molar-refractivity contribution < 1.29 is 19.1 Å². The lowest BCUT2D eigenvalue weighted by molar-refractivity contribution is -0.113. The van der Waals surface area contributed by atoms with Crippen molar-refractivity contribution in [2.24, 2.45) is 0 Å². The molecule has 0 saturated carbocycles. The first kappa shape index (κ1) is 21.3. The fourth-order valence-electron chi connectivity index (χ4n) is 3.47. The number of anilines is 3. The Bertz CT molecular complexity index is 1050. The Hall–Kier alpha value is -2.91. The Labute approximate surface area is 188 Å². The number of nitrogens with one attached hydrogen (secondary N) is 2. The number of nitrogen functional groups attached to an aromatic ring is 1. The molecule has 2 aliphatic rings. The summed E-state index contributed by atoms with van der Waals surface area (Å²) in [6, 6.07) is 10.3. The van der Waals surface area contributed by atoms with Crippen molar-refractivity contribution in [3.05, 3.63) is 47.0 Å². The van der Waals surface area contributed by atoms with Crippen molar-refractivity contribution in [3.8, 4) is 0 Å². The predicted octanol–water partition coefficient (Wildman–Crippen LogP) is 3.50. The summed E-state index contributed by atoms with van der Waals surface area (Å²) < 4.78 is 5.46. The van der Waals surface area contributed by atoms with Crippen molar-refractivity contribution in [1.29, 1.82) is 0 Å². The summed E-state index contributed by atoms with van der Waals surface area (Å²) in [7, 11) is 0. The van der Waals surface area contributed by atoms with Gasteiger partial charge < -0.3 is 21.1 Å². The molecule has 1 unspecified atom stereocenters. The largest absolute Gasteiger partial charge is 0.444 e. The minimum atomic E-state index is -0.421. The van der Waals surface area contributed by atoms with Crippen LogP contribution in [0.25, 0.3) is 0 Å². The van der Waals surface area contributed by atoms with E-state index >= 15 is 0 Å². The summed E-state index contributed by atoms with van der Waals surface area (Å²) in [5.41, 5.74) is 7.91. The van der Waals surface area contributed by atoms with Gasteiger partial charge in [0.25, 0.3) is 5.91 Å². The number of rotatable bonds is 6. The van der Waals surface area contributed by atoms with Crippen LogP contribution in [0.15, 0.2) is 41.3 Å². The van der Waals surface area contributed by atoms with Gasteiger partial charge in [-0.2, -0.15) is 0 Å². The highest BCUT2D eigenvalue weighted by atomic mass is 35.5. The highest BCUT2D eigenvalue weighted by Gasteiger charge is 2.32. The fraction of sp³-hybridized carbons (Fsp3) is 0.286. The van der Waals surface area contributed by atoms with E-state index in [1.165, 1.54) is 17.8 Å². The molecule has 4 rings (SSSR count). The average Bonchev–Trinajstić information content (AvgIpc) is 3.12. The molecular formula is C21H21ClN4O4S. The van der Waals surface area contributed by atoms with Crippen LogP contribution in [0.2, 0.25) is 5.02 Å². The lowest BCUT2D eigenvalue weighted by atomic mass is 10.1. The van der Waals surface area contributed by atoms with Gasteiger partial charge in [-0.15, -0.1) is 11.8 Å². The molecule has 0 spiro atoms. The second-order valence-corrected chi connectivity index (χ2v) is 8.72. The van der Waals surface area contributed by atoms with E-state index < -0.39 is 6.09 Å². The van der Waals surface area contributed by atoms with Crippen LogP contribution < -0.4 is 21.3 Å². The van der Waals surface area contributed by atoms with E-state index in [9.17, 15) is 14.4 Å². The minimum Gasteiger partial charge on any atom is -0.444 e. The summed E-state index contributed by atoms with van der Waals surface area (Å²) in [6.45, 7) is 0.828. The smallest absolute Gasteiger partial charge is 0.414 e. The van der Waals surface area contributed by atoms with Gasteiger partial charge in [0.05, 0.1) is 23.5 Å². The Morgan fingerprint density at radius 2 is 2.13 bits per heavy atom. The van der Waals surface area contributed by atoms with Crippen molar-refractivity contribution >= 4 is 58.3 Å². The van der Waals surface area contributed by atoms with E-state index in [4.69, 9.17) is 22.1 Å². The number of cyclic esters (lactones) is 1. The van der Waals surface area contributed by atoms with E-state index in [0.717, 1.165) is 4.90 Å². The van der Waals surface area contributed by atoms with Crippen LogP contribution in [0.1, 0.15) is 23.2 Å². The zero-order chi connectivity index (χ0) is 22.0. The zero-order valence-corrected chi connectivity index (χ0v) is 18.1. The first-order valence-corrected chi connectivity index (χ1v) is 11.1. The van der Waals surface area contributed by atoms with Crippen LogP contribution in [0.3, 0.4) is 0 Å². The third kappa shape index (κ3) is 4.88. The third-order valence-electron chi connectivity index (χ3n) is 5.03. The Kier molecular flexibility index (Phi) is 6.24. The number of fused-ring (bicyclic) bond motifs is 1. The standard InChI is InChI=1S/C21H21ClN4O4S/c22-12-3-5-16(23)15(8-12)20(28)24-7-1-2-14-10-26(21(29)30-14)13-4-6-18-17(9-13)25-19(27)11-31-18/h3-6,8-9,14H,1-2,7,10-11,23H2,(H,24,28)(H,25,27). The number of benzene rings is 2. The predicted molar refractivity (Wildman–Crippen MR) is 121 cm³/mol. The lowest BCUT2D eigenvalue weighted by Gasteiger charge is -2.20. The Morgan fingerprint density at radius 3 is 2.97 bits per heavy atom. The first-order valence-electron chi connectivity index (χ1n) is 9.79. The third-order valence-corrected chi connectivity index (χ3v) is 6.34. The van der Waals surface area contributed by atoms with Crippen molar-refractivity contribution in [3.63, 3.8) is 0 Å². The molecule has 2 aliphatic heterocycles. The van der Waals surface area contributed by atoms with E-state index in [-0.39, 0.29) is 17.9 Å². The minimum absolute atomic E-state index is 0.0573. The van der Waals surface area contributed by atoms with E-state index in [1.54, 1.807) is 23.1 Å².